The van der Waals surface area contributed by atoms with Crippen LogP contribution in [0.15, 0.2) is 48.5 Å². The van der Waals surface area contributed by atoms with Crippen molar-refractivity contribution in [3.63, 3.8) is 0 Å². The van der Waals surface area contributed by atoms with Gasteiger partial charge in [0.05, 0.1) is 11.0 Å². The molecule has 3 rings (SSSR count). The molecular weight excluding hydrogens is 290 g/mol. The molecule has 1 heterocycles. The van der Waals surface area contributed by atoms with E-state index >= 15 is 0 Å². The van der Waals surface area contributed by atoms with E-state index < -0.39 is 0 Å². The van der Waals surface area contributed by atoms with Gasteiger partial charge in [0.2, 0.25) is 0 Å². The highest BCUT2D eigenvalue weighted by atomic mass is 16.3. The van der Waals surface area contributed by atoms with Crippen molar-refractivity contribution in [3.8, 4) is 0 Å². The summed E-state index contributed by atoms with van der Waals surface area (Å²) < 4.78 is 1.98. The Morgan fingerprint density at radius 3 is 2.70 bits per heavy atom. The maximum Gasteiger partial charge on any atom is 0.253 e. The van der Waals surface area contributed by atoms with Gasteiger partial charge in [-0.3, -0.25) is 4.79 Å². The third-order valence-electron chi connectivity index (χ3n) is 3.80. The average molecular weight is 309 g/mol. The highest BCUT2D eigenvalue weighted by Gasteiger charge is 2.12. The van der Waals surface area contributed by atoms with Gasteiger partial charge in [-0.05, 0) is 29.8 Å². The molecule has 0 saturated carbocycles. The second-order valence-corrected chi connectivity index (χ2v) is 5.66. The number of amides is 1. The van der Waals surface area contributed by atoms with Crippen molar-refractivity contribution in [2.75, 3.05) is 14.1 Å². The number of aliphatic hydroxyl groups excluding tert-OH is 1. The van der Waals surface area contributed by atoms with Gasteiger partial charge in [0.15, 0.2) is 0 Å². The number of imidazole rings is 1. The lowest BCUT2D eigenvalue weighted by Crippen LogP contribution is -2.21. The number of benzene rings is 2. The molecule has 0 radical (unpaired) electrons. The molecule has 118 valence electrons. The fourth-order valence-corrected chi connectivity index (χ4v) is 2.67. The van der Waals surface area contributed by atoms with Gasteiger partial charge in [0.25, 0.3) is 5.91 Å². The first kappa shape index (κ1) is 15.2. The summed E-state index contributed by atoms with van der Waals surface area (Å²) in [6, 6.07) is 15.3. The maximum absolute atomic E-state index is 12.1. The van der Waals surface area contributed by atoms with Crippen LogP contribution in [0.25, 0.3) is 11.0 Å². The average Bonchev–Trinajstić information content (AvgIpc) is 2.92. The molecule has 23 heavy (non-hydrogen) atoms. The van der Waals surface area contributed by atoms with Gasteiger partial charge in [-0.2, -0.15) is 0 Å². The molecule has 0 bridgehead atoms. The zero-order valence-corrected chi connectivity index (χ0v) is 13.2. The van der Waals surface area contributed by atoms with Crippen LogP contribution < -0.4 is 0 Å². The Balaban J connectivity index is 1.99. The van der Waals surface area contributed by atoms with Gasteiger partial charge < -0.3 is 14.6 Å². The Kier molecular flexibility index (Phi) is 4.12. The van der Waals surface area contributed by atoms with Crippen LogP contribution in [0.5, 0.6) is 0 Å². The van der Waals surface area contributed by atoms with Crippen LogP contribution in [0.1, 0.15) is 21.7 Å². The number of carbonyl (C=O) groups excluding carboxylic acids is 1. The Morgan fingerprint density at radius 2 is 1.96 bits per heavy atom. The summed E-state index contributed by atoms with van der Waals surface area (Å²) in [5.41, 5.74) is 3.48. The van der Waals surface area contributed by atoms with Crippen molar-refractivity contribution >= 4 is 16.9 Å². The Labute approximate surface area is 134 Å². The number of rotatable bonds is 4. The SMILES string of the molecule is CN(C)C(=O)c1cccc(Cn2c(CO)nc3ccccc32)c1. The van der Waals surface area contributed by atoms with Crippen molar-refractivity contribution < 1.29 is 9.90 Å². The zero-order chi connectivity index (χ0) is 16.4. The minimum absolute atomic E-state index is 0.0234. The number of carbonyl (C=O) groups is 1. The molecule has 0 aliphatic carbocycles. The second kappa shape index (κ2) is 6.22. The standard InChI is InChI=1S/C18H19N3O2/c1-20(2)18(23)14-7-5-6-13(10-14)11-21-16-9-4-3-8-15(16)19-17(21)12-22/h3-10,22H,11-12H2,1-2H3. The topological polar surface area (TPSA) is 58.4 Å². The summed E-state index contributed by atoms with van der Waals surface area (Å²) in [6.45, 7) is 0.440. The number of hydrogen-bond donors (Lipinski definition) is 1. The van der Waals surface area contributed by atoms with Gasteiger partial charge in [-0.25, -0.2) is 4.98 Å². The van der Waals surface area contributed by atoms with Crippen molar-refractivity contribution in [1.82, 2.24) is 14.5 Å². The van der Waals surface area contributed by atoms with E-state index in [0.29, 0.717) is 17.9 Å². The highest BCUT2D eigenvalue weighted by molar-refractivity contribution is 5.94. The second-order valence-electron chi connectivity index (χ2n) is 5.66. The number of aliphatic hydroxyl groups is 1. The summed E-state index contributed by atoms with van der Waals surface area (Å²) in [5.74, 6) is 0.597. The molecule has 0 aliphatic heterocycles. The van der Waals surface area contributed by atoms with Gasteiger partial charge in [-0.15, -0.1) is 0 Å². The molecule has 0 spiro atoms. The van der Waals surface area contributed by atoms with Gasteiger partial charge >= 0.3 is 0 Å². The van der Waals surface area contributed by atoms with Crippen LogP contribution in [0.2, 0.25) is 0 Å². The summed E-state index contributed by atoms with van der Waals surface area (Å²) in [4.78, 5) is 18.1. The van der Waals surface area contributed by atoms with E-state index in [1.165, 1.54) is 0 Å². The van der Waals surface area contributed by atoms with Crippen molar-refractivity contribution in [2.45, 2.75) is 13.2 Å². The monoisotopic (exact) mass is 309 g/mol. The Hall–Kier alpha value is -2.66. The Morgan fingerprint density at radius 1 is 1.17 bits per heavy atom. The molecule has 3 aromatic rings. The van der Waals surface area contributed by atoms with Crippen LogP contribution >= 0.6 is 0 Å². The predicted molar refractivity (Wildman–Crippen MR) is 89.2 cm³/mol. The van der Waals surface area contributed by atoms with Crippen LogP contribution in [0.3, 0.4) is 0 Å². The molecule has 1 amide bonds. The molecule has 1 N–H and O–H groups in total. The lowest BCUT2D eigenvalue weighted by molar-refractivity contribution is 0.0827. The first-order valence-electron chi connectivity index (χ1n) is 7.45. The van der Waals surface area contributed by atoms with Crippen LogP contribution in [-0.4, -0.2) is 39.6 Å². The van der Waals surface area contributed by atoms with Gasteiger partial charge in [0, 0.05) is 26.2 Å². The smallest absolute Gasteiger partial charge is 0.253 e. The van der Waals surface area contributed by atoms with E-state index in [1.54, 1.807) is 19.0 Å². The Bertz CT molecular complexity index is 852. The predicted octanol–water partition coefficient (Wildman–Crippen LogP) is 2.28. The first-order valence-corrected chi connectivity index (χ1v) is 7.45. The van der Waals surface area contributed by atoms with Crippen LogP contribution in [0, 0.1) is 0 Å². The fraction of sp³-hybridized carbons (Fsp3) is 0.222. The summed E-state index contributed by atoms with van der Waals surface area (Å²) >= 11 is 0. The number of aromatic nitrogens is 2. The minimum Gasteiger partial charge on any atom is -0.388 e. The van der Waals surface area contributed by atoms with E-state index in [-0.39, 0.29) is 12.5 Å². The largest absolute Gasteiger partial charge is 0.388 e. The lowest BCUT2D eigenvalue weighted by atomic mass is 10.1. The molecule has 1 aromatic heterocycles. The number of hydrogen-bond acceptors (Lipinski definition) is 3. The van der Waals surface area contributed by atoms with Gasteiger partial charge in [-0.1, -0.05) is 24.3 Å². The third-order valence-corrected chi connectivity index (χ3v) is 3.80. The summed E-state index contributed by atoms with van der Waals surface area (Å²) in [5, 5.41) is 9.57. The zero-order valence-electron chi connectivity index (χ0n) is 13.2. The highest BCUT2D eigenvalue weighted by Crippen LogP contribution is 2.18. The quantitative estimate of drug-likeness (QED) is 0.804. The third kappa shape index (κ3) is 2.96. The van der Waals surface area contributed by atoms with Crippen molar-refractivity contribution in [2.24, 2.45) is 0 Å². The molecule has 0 unspecified atom stereocenters. The van der Waals surface area contributed by atoms with Crippen molar-refractivity contribution in [1.29, 1.82) is 0 Å². The first-order chi connectivity index (χ1) is 11.1. The minimum atomic E-state index is -0.120. The molecule has 0 saturated heterocycles. The lowest BCUT2D eigenvalue weighted by Gasteiger charge is -2.12. The van der Waals surface area contributed by atoms with Crippen molar-refractivity contribution in [3.05, 3.63) is 65.5 Å². The van der Waals surface area contributed by atoms with E-state index in [0.717, 1.165) is 16.6 Å². The summed E-state index contributed by atoms with van der Waals surface area (Å²) in [6.07, 6.45) is 0. The molecule has 2 aromatic carbocycles. The fourth-order valence-electron chi connectivity index (χ4n) is 2.67. The normalized spacial score (nSPS) is 10.9. The van der Waals surface area contributed by atoms with E-state index in [4.69, 9.17) is 0 Å². The summed E-state index contributed by atoms with van der Waals surface area (Å²) in [7, 11) is 3.48. The molecular formula is C18H19N3O2. The van der Waals surface area contributed by atoms with E-state index in [2.05, 4.69) is 4.98 Å². The number of para-hydroxylation sites is 2. The van der Waals surface area contributed by atoms with E-state index in [1.807, 2.05) is 53.1 Å². The molecule has 5 nitrogen and oxygen atoms in total. The van der Waals surface area contributed by atoms with E-state index in [9.17, 15) is 9.90 Å². The van der Waals surface area contributed by atoms with Gasteiger partial charge in [0.1, 0.15) is 12.4 Å². The number of nitrogens with zero attached hydrogens (tertiary/aromatic N) is 3. The van der Waals surface area contributed by atoms with Crippen LogP contribution in [0.4, 0.5) is 0 Å². The molecule has 0 atom stereocenters. The number of fused-ring (bicyclic) bond motifs is 1. The molecule has 0 aliphatic rings. The maximum atomic E-state index is 12.1. The van der Waals surface area contributed by atoms with Crippen LogP contribution in [-0.2, 0) is 13.2 Å². The molecule has 0 fully saturated rings. The molecule has 5 heteroatoms.